The summed E-state index contributed by atoms with van der Waals surface area (Å²) in [5, 5.41) is 6.66. The molecule has 3 rings (SSSR count). The van der Waals surface area contributed by atoms with Gasteiger partial charge < -0.3 is 10.6 Å². The average molecular weight is 286 g/mol. The van der Waals surface area contributed by atoms with Crippen molar-refractivity contribution in [2.45, 2.75) is 64.3 Å². The summed E-state index contributed by atoms with van der Waals surface area (Å²) in [6, 6.07) is 6.97. The zero-order valence-electron chi connectivity index (χ0n) is 13.0. The Kier molecular flexibility index (Phi) is 4.47. The molecule has 2 atom stereocenters. The predicted molar refractivity (Wildman–Crippen MR) is 87.7 cm³/mol. The maximum absolute atomic E-state index is 11.4. The molecule has 2 N–H and O–H groups in total. The molecular formula is C18H26N2O. The second kappa shape index (κ2) is 6.50. The van der Waals surface area contributed by atoms with E-state index in [2.05, 4.69) is 29.7 Å². The summed E-state index contributed by atoms with van der Waals surface area (Å²) in [7, 11) is 0. The summed E-state index contributed by atoms with van der Waals surface area (Å²) in [5.41, 5.74) is 3.47. The molecule has 0 aromatic heterocycles. The molecular weight excluding hydrogens is 260 g/mol. The summed E-state index contributed by atoms with van der Waals surface area (Å²) in [4.78, 5) is 11.4. The molecule has 0 saturated heterocycles. The Morgan fingerprint density at radius 3 is 2.95 bits per heavy atom. The largest absolute Gasteiger partial charge is 0.382 e. The molecule has 21 heavy (non-hydrogen) atoms. The number of aryl methyl sites for hydroxylation is 1. The Balaban J connectivity index is 1.64. The molecule has 1 aromatic carbocycles. The quantitative estimate of drug-likeness (QED) is 0.811. The molecule has 1 saturated carbocycles. The molecule has 114 valence electrons. The van der Waals surface area contributed by atoms with Gasteiger partial charge in [0.25, 0.3) is 0 Å². The molecule has 2 unspecified atom stereocenters. The molecule has 1 aliphatic carbocycles. The zero-order chi connectivity index (χ0) is 14.7. The van der Waals surface area contributed by atoms with Crippen molar-refractivity contribution in [1.29, 1.82) is 0 Å². The topological polar surface area (TPSA) is 41.1 Å². The highest BCUT2D eigenvalue weighted by Crippen LogP contribution is 2.29. The number of carbonyl (C=O) groups excluding carboxylic acids is 1. The molecule has 0 radical (unpaired) electrons. The van der Waals surface area contributed by atoms with E-state index in [4.69, 9.17) is 0 Å². The monoisotopic (exact) mass is 286 g/mol. The van der Waals surface area contributed by atoms with Crippen LogP contribution in [0.5, 0.6) is 0 Å². The predicted octanol–water partition coefficient (Wildman–Crippen LogP) is 4.34. The standard InChI is InChI=1S/C18H26N2O/c1-2-13-4-3-5-15(8-6-13)19-16-9-10-17-14(12-16)7-11-18(21)20-17/h9-10,12-13,15,19H,2-8,11H2,1H3,(H,20,21). The van der Waals surface area contributed by atoms with Gasteiger partial charge >= 0.3 is 0 Å². The van der Waals surface area contributed by atoms with Gasteiger partial charge in [-0.3, -0.25) is 4.79 Å². The molecule has 0 spiro atoms. The van der Waals surface area contributed by atoms with Crippen LogP contribution in [0.3, 0.4) is 0 Å². The summed E-state index contributed by atoms with van der Waals surface area (Å²) in [6.45, 7) is 2.32. The third-order valence-electron chi connectivity index (χ3n) is 5.04. The van der Waals surface area contributed by atoms with Gasteiger partial charge in [-0.25, -0.2) is 0 Å². The van der Waals surface area contributed by atoms with Crippen LogP contribution >= 0.6 is 0 Å². The SMILES string of the molecule is CCC1CCCC(Nc2ccc3c(c2)CCC(=O)N3)CC1. The van der Waals surface area contributed by atoms with E-state index in [9.17, 15) is 4.79 Å². The van der Waals surface area contributed by atoms with E-state index >= 15 is 0 Å². The molecule has 1 amide bonds. The molecule has 1 heterocycles. The normalized spacial score (nSPS) is 25.7. The number of anilines is 2. The minimum Gasteiger partial charge on any atom is -0.382 e. The Labute approximate surface area is 127 Å². The van der Waals surface area contributed by atoms with Crippen molar-refractivity contribution >= 4 is 17.3 Å². The van der Waals surface area contributed by atoms with Gasteiger partial charge in [0.05, 0.1) is 0 Å². The first-order valence-corrected chi connectivity index (χ1v) is 8.44. The lowest BCUT2D eigenvalue weighted by molar-refractivity contribution is -0.116. The highest BCUT2D eigenvalue weighted by molar-refractivity contribution is 5.94. The molecule has 1 aromatic rings. The van der Waals surface area contributed by atoms with Crippen LogP contribution in [0.2, 0.25) is 0 Å². The third-order valence-corrected chi connectivity index (χ3v) is 5.04. The van der Waals surface area contributed by atoms with Crippen molar-refractivity contribution in [3.8, 4) is 0 Å². The van der Waals surface area contributed by atoms with Crippen molar-refractivity contribution in [2.75, 3.05) is 10.6 Å². The van der Waals surface area contributed by atoms with E-state index in [1.54, 1.807) is 0 Å². The van der Waals surface area contributed by atoms with E-state index < -0.39 is 0 Å². The second-order valence-corrected chi connectivity index (χ2v) is 6.54. The van der Waals surface area contributed by atoms with Crippen LogP contribution in [0.1, 0.15) is 57.4 Å². The number of hydrogen-bond donors (Lipinski definition) is 2. The van der Waals surface area contributed by atoms with Crippen LogP contribution in [-0.4, -0.2) is 11.9 Å². The minimum absolute atomic E-state index is 0.137. The fourth-order valence-electron chi connectivity index (χ4n) is 3.64. The van der Waals surface area contributed by atoms with Crippen LogP contribution in [0.4, 0.5) is 11.4 Å². The van der Waals surface area contributed by atoms with Crippen LogP contribution in [0, 0.1) is 5.92 Å². The molecule has 1 aliphatic heterocycles. The van der Waals surface area contributed by atoms with Crippen molar-refractivity contribution in [2.24, 2.45) is 5.92 Å². The fourth-order valence-corrected chi connectivity index (χ4v) is 3.64. The van der Waals surface area contributed by atoms with E-state index in [0.29, 0.717) is 12.5 Å². The summed E-state index contributed by atoms with van der Waals surface area (Å²) in [5.74, 6) is 1.06. The number of benzene rings is 1. The lowest BCUT2D eigenvalue weighted by Crippen LogP contribution is -2.21. The van der Waals surface area contributed by atoms with Gasteiger partial charge in [0.2, 0.25) is 5.91 Å². The van der Waals surface area contributed by atoms with Crippen molar-refractivity contribution in [3.63, 3.8) is 0 Å². The number of rotatable bonds is 3. The maximum atomic E-state index is 11.4. The molecule has 2 aliphatic rings. The lowest BCUT2D eigenvalue weighted by Gasteiger charge is -2.21. The number of nitrogens with one attached hydrogen (secondary N) is 2. The fraction of sp³-hybridized carbons (Fsp3) is 0.611. The van der Waals surface area contributed by atoms with Crippen LogP contribution in [0.25, 0.3) is 0 Å². The first kappa shape index (κ1) is 14.4. The molecule has 3 heteroatoms. The van der Waals surface area contributed by atoms with E-state index in [1.807, 2.05) is 6.07 Å². The summed E-state index contributed by atoms with van der Waals surface area (Å²) in [6.07, 6.45) is 9.45. The average Bonchev–Trinajstić information content (AvgIpc) is 2.72. The minimum atomic E-state index is 0.137. The first-order chi connectivity index (χ1) is 10.2. The van der Waals surface area contributed by atoms with Gasteiger partial charge in [-0.2, -0.15) is 0 Å². The Bertz CT molecular complexity index is 512. The maximum Gasteiger partial charge on any atom is 0.224 e. The summed E-state index contributed by atoms with van der Waals surface area (Å²) >= 11 is 0. The molecule has 1 fully saturated rings. The second-order valence-electron chi connectivity index (χ2n) is 6.54. The van der Waals surface area contributed by atoms with Gasteiger partial charge in [0, 0.05) is 23.8 Å². The van der Waals surface area contributed by atoms with E-state index in [1.165, 1.54) is 49.8 Å². The lowest BCUT2D eigenvalue weighted by atomic mass is 9.97. The van der Waals surface area contributed by atoms with Gasteiger partial charge in [0.1, 0.15) is 0 Å². The van der Waals surface area contributed by atoms with Crippen molar-refractivity contribution in [1.82, 2.24) is 0 Å². The smallest absolute Gasteiger partial charge is 0.224 e. The van der Waals surface area contributed by atoms with Crippen LogP contribution in [-0.2, 0) is 11.2 Å². The Morgan fingerprint density at radius 1 is 1.19 bits per heavy atom. The summed E-state index contributed by atoms with van der Waals surface area (Å²) < 4.78 is 0. The molecule has 3 nitrogen and oxygen atoms in total. The van der Waals surface area contributed by atoms with Gasteiger partial charge in [-0.15, -0.1) is 0 Å². The number of fused-ring (bicyclic) bond motifs is 1. The zero-order valence-corrected chi connectivity index (χ0v) is 13.0. The number of carbonyl (C=O) groups is 1. The van der Waals surface area contributed by atoms with E-state index in [0.717, 1.165) is 18.0 Å². The third kappa shape index (κ3) is 3.58. The Morgan fingerprint density at radius 2 is 2.10 bits per heavy atom. The van der Waals surface area contributed by atoms with Crippen molar-refractivity contribution in [3.05, 3.63) is 23.8 Å². The number of hydrogen-bond acceptors (Lipinski definition) is 2. The highest BCUT2D eigenvalue weighted by atomic mass is 16.1. The highest BCUT2D eigenvalue weighted by Gasteiger charge is 2.19. The van der Waals surface area contributed by atoms with E-state index in [-0.39, 0.29) is 5.91 Å². The van der Waals surface area contributed by atoms with Crippen LogP contribution in [0.15, 0.2) is 18.2 Å². The van der Waals surface area contributed by atoms with Gasteiger partial charge in [-0.1, -0.05) is 26.2 Å². The van der Waals surface area contributed by atoms with Gasteiger partial charge in [0.15, 0.2) is 0 Å². The van der Waals surface area contributed by atoms with Gasteiger partial charge in [-0.05, 0) is 55.4 Å². The Hall–Kier alpha value is -1.51. The van der Waals surface area contributed by atoms with Crippen LogP contribution < -0.4 is 10.6 Å². The first-order valence-electron chi connectivity index (χ1n) is 8.44. The van der Waals surface area contributed by atoms with Crippen molar-refractivity contribution < 1.29 is 4.79 Å². The number of amides is 1. The molecule has 0 bridgehead atoms.